The van der Waals surface area contributed by atoms with Gasteiger partial charge in [0, 0.05) is 17.4 Å². The van der Waals surface area contributed by atoms with E-state index in [4.69, 9.17) is 13.9 Å². The van der Waals surface area contributed by atoms with Crippen molar-refractivity contribution >= 4 is 32.5 Å². The molecule has 0 saturated carbocycles. The van der Waals surface area contributed by atoms with E-state index in [9.17, 15) is 4.79 Å². The molecule has 0 saturated heterocycles. The van der Waals surface area contributed by atoms with E-state index in [1.807, 2.05) is 42.5 Å². The van der Waals surface area contributed by atoms with Crippen LogP contribution in [0.3, 0.4) is 0 Å². The first kappa shape index (κ1) is 18.8. The maximum absolute atomic E-state index is 13.5. The molecule has 4 heteroatoms. The summed E-state index contributed by atoms with van der Waals surface area (Å²) in [6.45, 7) is 4.67. The Morgan fingerprint density at radius 1 is 0.818 bits per heavy atom. The quantitative estimate of drug-likeness (QED) is 0.209. The Hall–Kier alpha value is -3.79. The average Bonchev–Trinajstić information content (AvgIpc) is 2.82. The van der Waals surface area contributed by atoms with Gasteiger partial charge in [-0.15, -0.1) is 0 Å². The van der Waals surface area contributed by atoms with Crippen LogP contribution in [0.4, 0.5) is 0 Å². The van der Waals surface area contributed by atoms with E-state index >= 15 is 0 Å². The van der Waals surface area contributed by atoms with E-state index in [0.29, 0.717) is 23.5 Å². The van der Waals surface area contributed by atoms with Crippen molar-refractivity contribution in [2.24, 2.45) is 5.92 Å². The van der Waals surface area contributed by atoms with Crippen molar-refractivity contribution in [1.82, 2.24) is 0 Å². The van der Waals surface area contributed by atoms with Crippen LogP contribution in [0.1, 0.15) is 30.9 Å². The maximum Gasteiger partial charge on any atom is 0.343 e. The number of rotatable bonds is 0. The lowest BCUT2D eigenvalue weighted by atomic mass is 9.69. The Balaban J connectivity index is 1.65. The molecule has 1 aromatic heterocycles. The van der Waals surface area contributed by atoms with E-state index in [-0.39, 0.29) is 17.5 Å². The zero-order valence-electron chi connectivity index (χ0n) is 18.4. The Labute approximate surface area is 190 Å². The lowest BCUT2D eigenvalue weighted by molar-refractivity contribution is -0.0132. The van der Waals surface area contributed by atoms with Crippen LogP contribution in [0, 0.1) is 5.92 Å². The summed E-state index contributed by atoms with van der Waals surface area (Å²) in [5.74, 6) is 1.26. The Kier molecular flexibility index (Phi) is 3.63. The molecule has 3 heterocycles. The number of benzene rings is 4. The van der Waals surface area contributed by atoms with Gasteiger partial charge in [0.1, 0.15) is 22.7 Å². The van der Waals surface area contributed by atoms with Crippen LogP contribution in [0.25, 0.3) is 32.5 Å². The van der Waals surface area contributed by atoms with Crippen LogP contribution < -0.4 is 15.1 Å². The molecule has 7 rings (SSSR count). The minimum absolute atomic E-state index is 0.0290. The highest BCUT2D eigenvalue weighted by molar-refractivity contribution is 6.09. The topological polar surface area (TPSA) is 48.7 Å². The second kappa shape index (κ2) is 6.38. The largest absolute Gasteiger partial charge is 0.493 e. The molecule has 2 atom stereocenters. The summed E-state index contributed by atoms with van der Waals surface area (Å²) in [4.78, 5) is 13.5. The first-order valence-electron chi connectivity index (χ1n) is 11.3. The fraction of sp³-hybridized carbons (Fsp3) is 0.207. The van der Waals surface area contributed by atoms with Gasteiger partial charge in [0.15, 0.2) is 0 Å². The third kappa shape index (κ3) is 2.49. The Morgan fingerprint density at radius 2 is 1.52 bits per heavy atom. The van der Waals surface area contributed by atoms with Gasteiger partial charge in [-0.25, -0.2) is 4.79 Å². The molecule has 0 N–H and O–H groups in total. The van der Waals surface area contributed by atoms with Crippen molar-refractivity contribution in [3.8, 4) is 11.5 Å². The highest BCUT2D eigenvalue weighted by Gasteiger charge is 2.50. The van der Waals surface area contributed by atoms with Gasteiger partial charge in [-0.2, -0.15) is 0 Å². The highest BCUT2D eigenvalue weighted by atomic mass is 16.5. The lowest BCUT2D eigenvalue weighted by Crippen LogP contribution is -2.50. The van der Waals surface area contributed by atoms with Crippen LogP contribution in [0.5, 0.6) is 11.5 Å². The minimum atomic E-state index is -0.538. The highest BCUT2D eigenvalue weighted by Crippen LogP contribution is 2.55. The SMILES string of the molecule is CC1(C)Oc2c(c(=O)oc3ccc4ccccc4c23)[C@@H]2c3c(ccc4ccccc34)OC[C@@H]21. The van der Waals surface area contributed by atoms with Gasteiger partial charge >= 0.3 is 5.63 Å². The van der Waals surface area contributed by atoms with Crippen LogP contribution in [-0.4, -0.2) is 12.2 Å². The van der Waals surface area contributed by atoms with Crippen LogP contribution in [-0.2, 0) is 0 Å². The van der Waals surface area contributed by atoms with Crippen molar-refractivity contribution in [1.29, 1.82) is 0 Å². The molecule has 0 bridgehead atoms. The van der Waals surface area contributed by atoms with Crippen LogP contribution >= 0.6 is 0 Å². The molecule has 0 radical (unpaired) electrons. The van der Waals surface area contributed by atoms with Crippen LogP contribution in [0.2, 0.25) is 0 Å². The summed E-state index contributed by atoms with van der Waals surface area (Å²) in [6.07, 6.45) is 0. The smallest absolute Gasteiger partial charge is 0.343 e. The molecular weight excluding hydrogens is 412 g/mol. The number of fused-ring (bicyclic) bond motifs is 11. The molecule has 0 spiro atoms. The summed E-state index contributed by atoms with van der Waals surface area (Å²) in [6, 6.07) is 24.4. The lowest BCUT2D eigenvalue weighted by Gasteiger charge is -2.47. The van der Waals surface area contributed by atoms with Gasteiger partial charge in [0.05, 0.1) is 17.6 Å². The van der Waals surface area contributed by atoms with Gasteiger partial charge in [0.2, 0.25) is 0 Å². The molecule has 5 aromatic rings. The van der Waals surface area contributed by atoms with Crippen molar-refractivity contribution in [3.63, 3.8) is 0 Å². The van der Waals surface area contributed by atoms with E-state index in [0.717, 1.165) is 38.2 Å². The summed E-state index contributed by atoms with van der Waals surface area (Å²) >= 11 is 0. The van der Waals surface area contributed by atoms with Crippen LogP contribution in [0.15, 0.2) is 82.0 Å². The van der Waals surface area contributed by atoms with E-state index < -0.39 is 5.60 Å². The van der Waals surface area contributed by atoms with Gasteiger partial charge < -0.3 is 13.9 Å². The molecular formula is C29H22O4. The molecule has 4 nitrogen and oxygen atoms in total. The molecule has 0 unspecified atom stereocenters. The van der Waals surface area contributed by atoms with E-state index in [1.54, 1.807) is 0 Å². The van der Waals surface area contributed by atoms with Gasteiger partial charge in [-0.3, -0.25) is 0 Å². The molecule has 0 amide bonds. The molecule has 2 aliphatic rings. The van der Waals surface area contributed by atoms with Crippen molar-refractivity contribution in [3.05, 3.63) is 94.3 Å². The first-order chi connectivity index (χ1) is 16.0. The molecule has 4 aromatic carbocycles. The Morgan fingerprint density at radius 3 is 2.33 bits per heavy atom. The third-order valence-electron chi connectivity index (χ3n) is 7.42. The van der Waals surface area contributed by atoms with Crippen molar-refractivity contribution < 1.29 is 13.9 Å². The van der Waals surface area contributed by atoms with E-state index in [1.165, 1.54) is 0 Å². The zero-order valence-corrected chi connectivity index (χ0v) is 18.4. The fourth-order valence-electron chi connectivity index (χ4n) is 5.81. The van der Waals surface area contributed by atoms with Gasteiger partial charge in [0.25, 0.3) is 0 Å². The molecule has 162 valence electrons. The van der Waals surface area contributed by atoms with E-state index in [2.05, 4.69) is 44.2 Å². The fourth-order valence-corrected chi connectivity index (χ4v) is 5.81. The summed E-state index contributed by atoms with van der Waals surface area (Å²) < 4.78 is 18.9. The standard InChI is InChI=1S/C29H22O4/c1-29(2)20-15-31-21-13-11-16-7-3-5-9-18(16)23(21)25(20)26-27(33-29)24-19-10-6-4-8-17(19)12-14-22(24)32-28(26)30/h3-14,20,25H,15H2,1-2H3/t20-,25-/m0/s1. The zero-order chi connectivity index (χ0) is 22.3. The Bertz CT molecular complexity index is 1660. The predicted molar refractivity (Wildman–Crippen MR) is 129 cm³/mol. The summed E-state index contributed by atoms with van der Waals surface area (Å²) in [7, 11) is 0. The summed E-state index contributed by atoms with van der Waals surface area (Å²) in [5, 5.41) is 5.20. The van der Waals surface area contributed by atoms with Gasteiger partial charge in [-0.05, 0) is 47.5 Å². The van der Waals surface area contributed by atoms with Crippen molar-refractivity contribution in [2.75, 3.05) is 6.61 Å². The number of hydrogen-bond acceptors (Lipinski definition) is 4. The monoisotopic (exact) mass is 434 g/mol. The molecule has 2 aliphatic heterocycles. The second-order valence-electron chi connectivity index (χ2n) is 9.59. The number of ether oxygens (including phenoxy) is 2. The average molecular weight is 434 g/mol. The molecule has 33 heavy (non-hydrogen) atoms. The number of hydrogen-bond donors (Lipinski definition) is 0. The maximum atomic E-state index is 13.5. The summed E-state index contributed by atoms with van der Waals surface area (Å²) in [5.41, 5.74) is 1.33. The predicted octanol–water partition coefficient (Wildman–Crippen LogP) is 6.41. The third-order valence-corrected chi connectivity index (χ3v) is 7.42. The first-order valence-corrected chi connectivity index (χ1v) is 11.3. The molecule has 0 aliphatic carbocycles. The van der Waals surface area contributed by atoms with Crippen molar-refractivity contribution in [2.45, 2.75) is 25.4 Å². The molecule has 0 fully saturated rings. The minimum Gasteiger partial charge on any atom is -0.493 e. The second-order valence-corrected chi connectivity index (χ2v) is 9.59. The normalized spacial score (nSPS) is 20.5. The van der Waals surface area contributed by atoms with Gasteiger partial charge in [-0.1, -0.05) is 60.7 Å².